The lowest BCUT2D eigenvalue weighted by atomic mass is 9.98. The Kier molecular flexibility index (Phi) is 5.31. The van der Waals surface area contributed by atoms with E-state index in [1.54, 1.807) is 12.1 Å². The van der Waals surface area contributed by atoms with Crippen LogP contribution in [0.15, 0.2) is 24.3 Å². The van der Waals surface area contributed by atoms with Crippen molar-refractivity contribution in [1.29, 1.82) is 0 Å². The predicted octanol–water partition coefficient (Wildman–Crippen LogP) is 2.26. The molecular weight excluding hydrogens is 245 g/mol. The third kappa shape index (κ3) is 4.27. The van der Waals surface area contributed by atoms with E-state index in [9.17, 15) is 9.50 Å². The van der Waals surface area contributed by atoms with Gasteiger partial charge in [-0.25, -0.2) is 4.39 Å². The van der Waals surface area contributed by atoms with Crippen molar-refractivity contribution < 1.29 is 14.2 Å². The molecule has 1 heterocycles. The molecule has 0 aliphatic carbocycles. The molecule has 2 N–H and O–H groups in total. The maximum Gasteiger partial charge on any atom is 0.123 e. The molecule has 2 unspecified atom stereocenters. The van der Waals surface area contributed by atoms with Crippen LogP contribution in [0.5, 0.6) is 0 Å². The van der Waals surface area contributed by atoms with Gasteiger partial charge < -0.3 is 15.2 Å². The molecule has 1 aromatic rings. The van der Waals surface area contributed by atoms with Crippen LogP contribution in [0.2, 0.25) is 0 Å². The van der Waals surface area contributed by atoms with Crippen molar-refractivity contribution in [1.82, 2.24) is 5.32 Å². The smallest absolute Gasteiger partial charge is 0.123 e. The second-order valence-electron chi connectivity index (χ2n) is 5.25. The van der Waals surface area contributed by atoms with Gasteiger partial charge >= 0.3 is 0 Å². The van der Waals surface area contributed by atoms with Crippen molar-refractivity contribution in [3.05, 3.63) is 35.6 Å². The molecule has 0 radical (unpaired) electrons. The maximum atomic E-state index is 12.8. The van der Waals surface area contributed by atoms with Gasteiger partial charge in [0, 0.05) is 19.3 Å². The van der Waals surface area contributed by atoms with Gasteiger partial charge in [0.25, 0.3) is 0 Å². The summed E-state index contributed by atoms with van der Waals surface area (Å²) in [6, 6.07) is 5.97. The van der Waals surface area contributed by atoms with E-state index in [4.69, 9.17) is 4.74 Å². The van der Waals surface area contributed by atoms with E-state index in [1.807, 2.05) is 6.92 Å². The van der Waals surface area contributed by atoms with Crippen molar-refractivity contribution in [2.45, 2.75) is 31.9 Å². The molecule has 0 spiro atoms. The topological polar surface area (TPSA) is 41.5 Å². The summed E-state index contributed by atoms with van der Waals surface area (Å²) in [6.45, 7) is 4.51. The number of aliphatic hydroxyl groups excluding tert-OH is 1. The van der Waals surface area contributed by atoms with Crippen LogP contribution < -0.4 is 5.32 Å². The molecule has 0 saturated carbocycles. The van der Waals surface area contributed by atoms with Gasteiger partial charge in [-0.3, -0.25) is 0 Å². The summed E-state index contributed by atoms with van der Waals surface area (Å²) >= 11 is 0. The summed E-state index contributed by atoms with van der Waals surface area (Å²) in [5.74, 6) is 0.343. The van der Waals surface area contributed by atoms with E-state index in [-0.39, 0.29) is 11.9 Å². The van der Waals surface area contributed by atoms with E-state index in [2.05, 4.69) is 5.32 Å². The minimum Gasteiger partial charge on any atom is -0.387 e. The Balaban J connectivity index is 1.81. The minimum absolute atomic E-state index is 0.0479. The molecule has 1 saturated heterocycles. The Morgan fingerprint density at radius 2 is 1.95 bits per heavy atom. The third-order valence-corrected chi connectivity index (χ3v) is 3.75. The molecule has 3 nitrogen and oxygen atoms in total. The summed E-state index contributed by atoms with van der Waals surface area (Å²) < 4.78 is 18.2. The summed E-state index contributed by atoms with van der Waals surface area (Å²) in [4.78, 5) is 0. The normalized spacial score (nSPS) is 20.2. The Bertz CT molecular complexity index is 376. The average molecular weight is 267 g/mol. The van der Waals surface area contributed by atoms with Crippen molar-refractivity contribution in [2.75, 3.05) is 19.8 Å². The monoisotopic (exact) mass is 267 g/mol. The van der Waals surface area contributed by atoms with Crippen molar-refractivity contribution >= 4 is 0 Å². The molecule has 0 aromatic heterocycles. The van der Waals surface area contributed by atoms with Crippen LogP contribution in [-0.4, -0.2) is 30.9 Å². The molecule has 4 heteroatoms. The highest BCUT2D eigenvalue weighted by Crippen LogP contribution is 2.18. The summed E-state index contributed by atoms with van der Waals surface area (Å²) in [6.07, 6.45) is 1.54. The molecule has 1 aliphatic heterocycles. The van der Waals surface area contributed by atoms with Crippen molar-refractivity contribution in [3.63, 3.8) is 0 Å². The molecule has 19 heavy (non-hydrogen) atoms. The van der Waals surface area contributed by atoms with E-state index in [0.717, 1.165) is 38.2 Å². The van der Waals surface area contributed by atoms with E-state index in [1.165, 1.54) is 12.1 Å². The Morgan fingerprint density at radius 3 is 2.58 bits per heavy atom. The largest absolute Gasteiger partial charge is 0.387 e. The van der Waals surface area contributed by atoms with Gasteiger partial charge in [-0.1, -0.05) is 12.1 Å². The van der Waals surface area contributed by atoms with Gasteiger partial charge in [-0.15, -0.1) is 0 Å². The first-order valence-electron chi connectivity index (χ1n) is 6.91. The third-order valence-electron chi connectivity index (χ3n) is 3.75. The Hall–Kier alpha value is -0.970. The molecule has 2 rings (SSSR count). The van der Waals surface area contributed by atoms with Gasteiger partial charge in [0.05, 0.1) is 6.10 Å². The molecule has 0 bridgehead atoms. The minimum atomic E-state index is -0.611. The van der Waals surface area contributed by atoms with Gasteiger partial charge in [0.15, 0.2) is 0 Å². The van der Waals surface area contributed by atoms with E-state index in [0.29, 0.717) is 5.92 Å². The fourth-order valence-corrected chi connectivity index (χ4v) is 2.36. The highest BCUT2D eigenvalue weighted by molar-refractivity contribution is 5.19. The number of benzene rings is 1. The highest BCUT2D eigenvalue weighted by atomic mass is 19.1. The summed E-state index contributed by atoms with van der Waals surface area (Å²) in [7, 11) is 0. The second-order valence-corrected chi connectivity index (χ2v) is 5.25. The predicted molar refractivity (Wildman–Crippen MR) is 72.4 cm³/mol. The first-order chi connectivity index (χ1) is 9.16. The summed E-state index contributed by atoms with van der Waals surface area (Å²) in [5, 5.41) is 13.6. The molecule has 1 aliphatic rings. The Morgan fingerprint density at radius 1 is 1.32 bits per heavy atom. The highest BCUT2D eigenvalue weighted by Gasteiger charge is 2.19. The number of rotatable bonds is 5. The first kappa shape index (κ1) is 14.4. The van der Waals surface area contributed by atoms with Crippen LogP contribution in [-0.2, 0) is 4.74 Å². The molecule has 0 amide bonds. The zero-order valence-corrected chi connectivity index (χ0v) is 11.3. The molecule has 1 aromatic carbocycles. The number of hydrogen-bond donors (Lipinski definition) is 2. The zero-order chi connectivity index (χ0) is 13.7. The van der Waals surface area contributed by atoms with Crippen LogP contribution in [0, 0.1) is 11.7 Å². The molecular formula is C15H22FNO2. The van der Waals surface area contributed by atoms with Crippen LogP contribution in [0.4, 0.5) is 4.39 Å². The average Bonchev–Trinajstić information content (AvgIpc) is 2.46. The number of nitrogens with one attached hydrogen (secondary N) is 1. The van der Waals surface area contributed by atoms with Gasteiger partial charge in [0.1, 0.15) is 5.82 Å². The summed E-state index contributed by atoms with van der Waals surface area (Å²) in [5.41, 5.74) is 0.744. The maximum absolute atomic E-state index is 12.8. The standard InChI is InChI=1S/C15H22FNO2/c1-11(17-10-12-6-8-19-9-7-12)15(18)13-2-4-14(16)5-3-13/h2-5,11-12,15,17-18H,6-10H2,1H3. The lowest BCUT2D eigenvalue weighted by molar-refractivity contribution is 0.0620. The van der Waals surface area contributed by atoms with Crippen molar-refractivity contribution in [3.8, 4) is 0 Å². The van der Waals surface area contributed by atoms with E-state index >= 15 is 0 Å². The quantitative estimate of drug-likeness (QED) is 0.860. The lowest BCUT2D eigenvalue weighted by Crippen LogP contribution is -2.37. The molecule has 2 atom stereocenters. The number of hydrogen-bond acceptors (Lipinski definition) is 3. The van der Waals surface area contributed by atoms with Crippen LogP contribution in [0.1, 0.15) is 31.4 Å². The van der Waals surface area contributed by atoms with Crippen LogP contribution in [0.3, 0.4) is 0 Å². The van der Waals surface area contributed by atoms with Gasteiger partial charge in [-0.2, -0.15) is 0 Å². The van der Waals surface area contributed by atoms with Gasteiger partial charge in [0.2, 0.25) is 0 Å². The van der Waals surface area contributed by atoms with E-state index < -0.39 is 6.10 Å². The van der Waals surface area contributed by atoms with Crippen LogP contribution in [0.25, 0.3) is 0 Å². The molecule has 1 fully saturated rings. The Labute approximate surface area is 113 Å². The number of ether oxygens (including phenoxy) is 1. The number of halogens is 1. The van der Waals surface area contributed by atoms with Crippen LogP contribution >= 0.6 is 0 Å². The second kappa shape index (κ2) is 6.98. The van der Waals surface area contributed by atoms with Crippen molar-refractivity contribution in [2.24, 2.45) is 5.92 Å². The fraction of sp³-hybridized carbons (Fsp3) is 0.600. The molecule has 106 valence electrons. The zero-order valence-electron chi connectivity index (χ0n) is 11.3. The fourth-order valence-electron chi connectivity index (χ4n) is 2.36. The number of aliphatic hydroxyl groups is 1. The lowest BCUT2D eigenvalue weighted by Gasteiger charge is -2.26. The first-order valence-corrected chi connectivity index (χ1v) is 6.91. The van der Waals surface area contributed by atoms with Gasteiger partial charge in [-0.05, 0) is 49.9 Å². The SMILES string of the molecule is CC(NCC1CCOCC1)C(O)c1ccc(F)cc1.